The van der Waals surface area contributed by atoms with Crippen LogP contribution in [0.4, 0.5) is 0 Å². The van der Waals surface area contributed by atoms with E-state index in [0.717, 1.165) is 32.1 Å². The first-order chi connectivity index (χ1) is 7.44. The van der Waals surface area contributed by atoms with Gasteiger partial charge in [0.25, 0.3) is 0 Å². The number of ketones is 1. The highest BCUT2D eigenvalue weighted by Gasteiger charge is 2.70. The van der Waals surface area contributed by atoms with Crippen LogP contribution in [0.25, 0.3) is 0 Å². The Balaban J connectivity index is 2.12. The molecule has 3 saturated carbocycles. The van der Waals surface area contributed by atoms with Crippen molar-refractivity contribution in [3.8, 4) is 0 Å². The molecule has 3 fully saturated rings. The van der Waals surface area contributed by atoms with Crippen molar-refractivity contribution < 1.29 is 9.90 Å². The summed E-state index contributed by atoms with van der Waals surface area (Å²) < 4.78 is 0. The quantitative estimate of drug-likeness (QED) is 0.684. The molecule has 90 valence electrons. The van der Waals surface area contributed by atoms with Crippen molar-refractivity contribution in [3.63, 3.8) is 0 Å². The van der Waals surface area contributed by atoms with Gasteiger partial charge in [-0.25, -0.2) is 0 Å². The molecule has 2 nitrogen and oxygen atoms in total. The van der Waals surface area contributed by atoms with Gasteiger partial charge in [-0.2, -0.15) is 0 Å². The maximum atomic E-state index is 11.9. The van der Waals surface area contributed by atoms with E-state index in [4.69, 9.17) is 0 Å². The normalized spacial score (nSPS) is 50.2. The van der Waals surface area contributed by atoms with Gasteiger partial charge in [0.05, 0.1) is 6.10 Å². The molecule has 0 spiro atoms. The Morgan fingerprint density at radius 2 is 2.00 bits per heavy atom. The van der Waals surface area contributed by atoms with Crippen LogP contribution in [0.5, 0.6) is 0 Å². The predicted molar refractivity (Wildman–Crippen MR) is 62.0 cm³/mol. The van der Waals surface area contributed by atoms with Crippen molar-refractivity contribution in [3.05, 3.63) is 0 Å². The second-order valence-electron chi connectivity index (χ2n) is 6.87. The van der Waals surface area contributed by atoms with E-state index >= 15 is 0 Å². The zero-order chi connectivity index (χ0) is 11.6. The molecule has 0 bridgehead atoms. The molecule has 3 aliphatic rings. The first-order valence-corrected chi connectivity index (χ1v) is 6.63. The molecule has 0 saturated heterocycles. The number of carbonyl (C=O) groups is 1. The van der Waals surface area contributed by atoms with Crippen LogP contribution in [0, 0.1) is 16.2 Å². The summed E-state index contributed by atoms with van der Waals surface area (Å²) in [7, 11) is 0. The summed E-state index contributed by atoms with van der Waals surface area (Å²) in [6, 6.07) is 0. The minimum absolute atomic E-state index is 0.0699. The highest BCUT2D eigenvalue weighted by atomic mass is 16.3. The van der Waals surface area contributed by atoms with E-state index in [1.54, 1.807) is 0 Å². The van der Waals surface area contributed by atoms with Crippen LogP contribution < -0.4 is 0 Å². The monoisotopic (exact) mass is 222 g/mol. The first kappa shape index (κ1) is 10.8. The van der Waals surface area contributed by atoms with Gasteiger partial charge >= 0.3 is 0 Å². The van der Waals surface area contributed by atoms with E-state index in [2.05, 4.69) is 13.8 Å². The van der Waals surface area contributed by atoms with Crippen molar-refractivity contribution >= 4 is 5.78 Å². The van der Waals surface area contributed by atoms with Crippen LogP contribution >= 0.6 is 0 Å². The molecule has 0 aliphatic heterocycles. The Hall–Kier alpha value is -0.370. The first-order valence-electron chi connectivity index (χ1n) is 6.63. The van der Waals surface area contributed by atoms with Crippen LogP contribution in [-0.2, 0) is 4.79 Å². The third-order valence-electron chi connectivity index (χ3n) is 6.31. The standard InChI is InChI=1S/C14H22O2/c1-12(2)11(16)9-13-5-3-6-14(12,13)8-10(15)4-7-13/h11,16H,3-9H2,1-2H3/t11?,13-,14+/m1/s1. The lowest BCUT2D eigenvalue weighted by molar-refractivity contribution is -0.133. The molecule has 0 heterocycles. The summed E-state index contributed by atoms with van der Waals surface area (Å²) in [5.74, 6) is 0.430. The van der Waals surface area contributed by atoms with E-state index in [1.807, 2.05) is 0 Å². The number of aliphatic hydroxyl groups is 1. The van der Waals surface area contributed by atoms with Crippen molar-refractivity contribution in [1.82, 2.24) is 0 Å². The Bertz CT molecular complexity index is 347. The summed E-state index contributed by atoms with van der Waals surface area (Å²) >= 11 is 0. The summed E-state index contributed by atoms with van der Waals surface area (Å²) in [6.45, 7) is 4.37. The minimum atomic E-state index is -0.210. The SMILES string of the molecule is CC1(C)C(O)C[C@]23CCC[C@]12CC(=O)CC3. The third-order valence-corrected chi connectivity index (χ3v) is 6.31. The molecule has 0 radical (unpaired) electrons. The predicted octanol–water partition coefficient (Wildman–Crippen LogP) is 2.69. The smallest absolute Gasteiger partial charge is 0.133 e. The maximum absolute atomic E-state index is 11.9. The zero-order valence-electron chi connectivity index (χ0n) is 10.4. The van der Waals surface area contributed by atoms with Crippen molar-refractivity contribution in [2.24, 2.45) is 16.2 Å². The molecule has 1 unspecified atom stereocenters. The highest BCUT2D eigenvalue weighted by Crippen LogP contribution is 2.74. The number of Topliss-reactive ketones (excluding diaryl/α,β-unsaturated/α-hetero) is 1. The molecule has 0 amide bonds. The number of hydrogen-bond acceptors (Lipinski definition) is 2. The lowest BCUT2D eigenvalue weighted by Crippen LogP contribution is -2.47. The van der Waals surface area contributed by atoms with Crippen molar-refractivity contribution in [2.75, 3.05) is 0 Å². The number of carbonyl (C=O) groups excluding carboxylic acids is 1. The topological polar surface area (TPSA) is 37.3 Å². The fourth-order valence-electron chi connectivity index (χ4n) is 5.25. The van der Waals surface area contributed by atoms with Crippen LogP contribution in [0.3, 0.4) is 0 Å². The minimum Gasteiger partial charge on any atom is -0.393 e. The van der Waals surface area contributed by atoms with Gasteiger partial charge in [0.1, 0.15) is 5.78 Å². The van der Waals surface area contributed by atoms with Crippen molar-refractivity contribution in [1.29, 1.82) is 0 Å². The fraction of sp³-hybridized carbons (Fsp3) is 0.929. The van der Waals surface area contributed by atoms with Gasteiger partial charge in [0.2, 0.25) is 0 Å². The lowest BCUT2D eigenvalue weighted by Gasteiger charge is -2.51. The van der Waals surface area contributed by atoms with Gasteiger partial charge in [0, 0.05) is 12.8 Å². The van der Waals surface area contributed by atoms with Gasteiger partial charge in [-0.05, 0) is 41.9 Å². The molecular weight excluding hydrogens is 200 g/mol. The molecule has 3 atom stereocenters. The number of hydrogen-bond donors (Lipinski definition) is 1. The average molecular weight is 222 g/mol. The van der Waals surface area contributed by atoms with Crippen LogP contribution in [0.15, 0.2) is 0 Å². The van der Waals surface area contributed by atoms with Crippen molar-refractivity contribution in [2.45, 2.75) is 64.9 Å². The Kier molecular flexibility index (Phi) is 1.95. The van der Waals surface area contributed by atoms with E-state index in [1.165, 1.54) is 12.8 Å². The van der Waals surface area contributed by atoms with Gasteiger partial charge in [-0.3, -0.25) is 4.79 Å². The van der Waals surface area contributed by atoms with Gasteiger partial charge < -0.3 is 5.11 Å². The molecule has 3 aliphatic carbocycles. The summed E-state index contributed by atoms with van der Waals surface area (Å²) in [5.41, 5.74) is 0.345. The number of aliphatic hydroxyl groups excluding tert-OH is 1. The van der Waals surface area contributed by atoms with Crippen LogP contribution in [-0.4, -0.2) is 17.0 Å². The summed E-state index contributed by atoms with van der Waals surface area (Å²) in [6.07, 6.45) is 6.90. The summed E-state index contributed by atoms with van der Waals surface area (Å²) in [4.78, 5) is 11.9. The molecule has 0 aromatic rings. The summed E-state index contributed by atoms with van der Waals surface area (Å²) in [5, 5.41) is 10.4. The maximum Gasteiger partial charge on any atom is 0.133 e. The third kappa shape index (κ3) is 0.958. The van der Waals surface area contributed by atoms with E-state index in [0.29, 0.717) is 11.2 Å². The molecule has 3 rings (SSSR count). The van der Waals surface area contributed by atoms with Crippen LogP contribution in [0.2, 0.25) is 0 Å². The van der Waals surface area contributed by atoms with Gasteiger partial charge in [-0.15, -0.1) is 0 Å². The molecule has 0 aromatic carbocycles. The number of rotatable bonds is 0. The van der Waals surface area contributed by atoms with E-state index < -0.39 is 0 Å². The van der Waals surface area contributed by atoms with E-state index in [-0.39, 0.29) is 16.9 Å². The fourth-order valence-corrected chi connectivity index (χ4v) is 5.25. The highest BCUT2D eigenvalue weighted by molar-refractivity contribution is 5.80. The molecule has 1 N–H and O–H groups in total. The second kappa shape index (κ2) is 2.90. The Labute approximate surface area is 97.4 Å². The van der Waals surface area contributed by atoms with Gasteiger partial charge in [-0.1, -0.05) is 20.3 Å². The molecule has 2 heteroatoms. The van der Waals surface area contributed by atoms with Gasteiger partial charge in [0.15, 0.2) is 0 Å². The molecule has 0 aromatic heterocycles. The Morgan fingerprint density at radius 3 is 2.75 bits per heavy atom. The second-order valence-corrected chi connectivity index (χ2v) is 6.87. The molecular formula is C14H22O2. The molecule has 16 heavy (non-hydrogen) atoms. The zero-order valence-corrected chi connectivity index (χ0v) is 10.4. The van der Waals surface area contributed by atoms with Crippen LogP contribution in [0.1, 0.15) is 58.8 Å². The largest absolute Gasteiger partial charge is 0.393 e. The lowest BCUT2D eigenvalue weighted by atomic mass is 9.52. The van der Waals surface area contributed by atoms with E-state index in [9.17, 15) is 9.90 Å². The Morgan fingerprint density at radius 1 is 1.25 bits per heavy atom. The average Bonchev–Trinajstić information content (AvgIpc) is 2.64.